The zero-order valence-corrected chi connectivity index (χ0v) is 15.4. The van der Waals surface area contributed by atoms with Crippen molar-refractivity contribution in [3.8, 4) is 5.69 Å². The van der Waals surface area contributed by atoms with Gasteiger partial charge >= 0.3 is 6.09 Å². The highest BCUT2D eigenvalue weighted by atomic mass is 35.5. The first-order valence-electron chi connectivity index (χ1n) is 8.64. The number of aromatic nitrogens is 2. The number of nitrogens with one attached hydrogen (secondary N) is 1. The first-order chi connectivity index (χ1) is 12.1. The van der Waals surface area contributed by atoms with Crippen LogP contribution in [0.5, 0.6) is 0 Å². The van der Waals surface area contributed by atoms with Crippen LogP contribution in [0.4, 0.5) is 4.79 Å². The second-order valence-electron chi connectivity index (χ2n) is 6.21. The third kappa shape index (κ3) is 3.96. The predicted molar refractivity (Wildman–Crippen MR) is 96.3 cm³/mol. The lowest BCUT2D eigenvalue weighted by Gasteiger charge is -2.31. The van der Waals surface area contributed by atoms with Gasteiger partial charge in [0, 0.05) is 0 Å². The average Bonchev–Trinajstić information content (AvgIpc) is 2.91. The molecule has 1 aromatic heterocycles. The number of carbonyl (C=O) groups excluding carboxylic acids is 1. The lowest BCUT2D eigenvalue weighted by Crippen LogP contribution is -3.13. The summed E-state index contributed by atoms with van der Waals surface area (Å²) >= 11 is 6.61. The molecule has 6 nitrogen and oxygen atoms in total. The molecule has 0 radical (unpaired) electrons. The molecule has 1 N–H and O–H groups in total. The zero-order chi connectivity index (χ0) is 17.8. The number of aryl methyl sites for hydroxylation is 1. The van der Waals surface area contributed by atoms with Crippen LogP contribution < -0.4 is 4.90 Å². The lowest BCUT2D eigenvalue weighted by molar-refractivity contribution is -0.917. The van der Waals surface area contributed by atoms with E-state index in [-0.39, 0.29) is 6.09 Å². The van der Waals surface area contributed by atoms with Gasteiger partial charge in [-0.1, -0.05) is 29.8 Å². The van der Waals surface area contributed by atoms with E-state index in [0.29, 0.717) is 24.8 Å². The number of hydrogen-bond donors (Lipinski definition) is 1. The van der Waals surface area contributed by atoms with Crippen molar-refractivity contribution in [2.75, 3.05) is 32.8 Å². The van der Waals surface area contributed by atoms with Gasteiger partial charge in [-0.05, 0) is 26.0 Å². The Labute approximate surface area is 152 Å². The van der Waals surface area contributed by atoms with E-state index in [1.165, 1.54) is 4.90 Å². The van der Waals surface area contributed by atoms with Crippen LogP contribution in [-0.4, -0.2) is 53.6 Å². The largest absolute Gasteiger partial charge is 0.450 e. The van der Waals surface area contributed by atoms with Crippen LogP contribution in [0.3, 0.4) is 0 Å². The Kier molecular flexibility index (Phi) is 5.60. The number of piperazine rings is 1. The maximum atomic E-state index is 11.8. The fraction of sp³-hybridized carbons (Fsp3) is 0.444. The van der Waals surface area contributed by atoms with Crippen LogP contribution in [0.25, 0.3) is 5.69 Å². The van der Waals surface area contributed by atoms with E-state index >= 15 is 0 Å². The number of benzene rings is 1. The summed E-state index contributed by atoms with van der Waals surface area (Å²) < 4.78 is 6.86. The maximum Gasteiger partial charge on any atom is 0.410 e. The molecule has 2 aromatic rings. The highest BCUT2D eigenvalue weighted by Gasteiger charge is 2.26. The number of halogens is 1. The molecule has 25 heavy (non-hydrogen) atoms. The molecule has 1 saturated heterocycles. The van der Waals surface area contributed by atoms with Crippen LogP contribution >= 0.6 is 11.6 Å². The molecule has 0 unspecified atom stereocenters. The van der Waals surface area contributed by atoms with E-state index in [1.54, 1.807) is 9.58 Å². The molecule has 1 amide bonds. The Hall–Kier alpha value is -2.05. The van der Waals surface area contributed by atoms with Gasteiger partial charge < -0.3 is 9.64 Å². The number of hydrogen-bond acceptors (Lipinski definition) is 3. The first kappa shape index (κ1) is 17.8. The Balaban J connectivity index is 1.67. The van der Waals surface area contributed by atoms with E-state index in [2.05, 4.69) is 5.10 Å². The van der Waals surface area contributed by atoms with Gasteiger partial charge in [-0.25, -0.2) is 9.48 Å². The van der Waals surface area contributed by atoms with Gasteiger partial charge in [0.2, 0.25) is 0 Å². The van der Waals surface area contributed by atoms with Crippen LogP contribution in [0.2, 0.25) is 5.15 Å². The second kappa shape index (κ2) is 7.89. The average molecular weight is 364 g/mol. The number of amides is 1. The summed E-state index contributed by atoms with van der Waals surface area (Å²) in [5, 5.41) is 5.27. The first-order valence-corrected chi connectivity index (χ1v) is 9.02. The van der Waals surface area contributed by atoms with Crippen LogP contribution in [0.15, 0.2) is 30.3 Å². The number of rotatable bonds is 4. The smallest absolute Gasteiger partial charge is 0.410 e. The van der Waals surface area contributed by atoms with Crippen molar-refractivity contribution in [2.45, 2.75) is 20.4 Å². The molecule has 134 valence electrons. The van der Waals surface area contributed by atoms with Gasteiger partial charge in [0.1, 0.15) is 11.7 Å². The topological polar surface area (TPSA) is 51.8 Å². The summed E-state index contributed by atoms with van der Waals surface area (Å²) in [5.74, 6) is 0. The van der Waals surface area contributed by atoms with E-state index in [9.17, 15) is 4.79 Å². The normalized spacial score (nSPS) is 15.4. The van der Waals surface area contributed by atoms with Crippen molar-refractivity contribution in [1.82, 2.24) is 14.7 Å². The highest BCUT2D eigenvalue weighted by Crippen LogP contribution is 2.22. The van der Waals surface area contributed by atoms with Crippen LogP contribution in [0.1, 0.15) is 18.2 Å². The molecule has 3 rings (SSSR count). The summed E-state index contributed by atoms with van der Waals surface area (Å²) in [6, 6.07) is 9.91. The quantitative estimate of drug-likeness (QED) is 0.899. The zero-order valence-electron chi connectivity index (χ0n) is 14.7. The SMILES string of the molecule is CCOC(=O)N1CC[NH+](Cc2c(C)nn(-c3ccccc3)c2Cl)CC1. The van der Waals surface area contributed by atoms with Gasteiger partial charge in [0.05, 0.1) is 49.7 Å². The minimum absolute atomic E-state index is 0.215. The summed E-state index contributed by atoms with van der Waals surface area (Å²) in [6.07, 6.45) is -0.215. The summed E-state index contributed by atoms with van der Waals surface area (Å²) in [5.41, 5.74) is 2.99. The molecule has 1 aliphatic rings. The minimum Gasteiger partial charge on any atom is -0.450 e. The maximum absolute atomic E-state index is 11.8. The van der Waals surface area contributed by atoms with Gasteiger partial charge in [-0.3, -0.25) is 4.90 Å². The monoisotopic (exact) mass is 363 g/mol. The standard InChI is InChI=1S/C18H23ClN4O2/c1-3-25-18(24)22-11-9-21(10-12-22)13-16-14(2)20-23(17(16)19)15-7-5-4-6-8-15/h4-8H,3,9-13H2,1-2H3/p+1. The molecule has 2 heterocycles. The summed E-state index contributed by atoms with van der Waals surface area (Å²) in [4.78, 5) is 15.0. The van der Waals surface area contributed by atoms with Gasteiger partial charge in [-0.2, -0.15) is 5.10 Å². The van der Waals surface area contributed by atoms with Crippen molar-refractivity contribution in [2.24, 2.45) is 0 Å². The number of nitrogens with zero attached hydrogens (tertiary/aromatic N) is 3. The Bertz CT molecular complexity index is 724. The lowest BCUT2D eigenvalue weighted by atomic mass is 10.2. The Morgan fingerprint density at radius 3 is 2.60 bits per heavy atom. The fourth-order valence-corrected chi connectivity index (χ4v) is 3.46. The van der Waals surface area contributed by atoms with Crippen LogP contribution in [0, 0.1) is 6.92 Å². The van der Waals surface area contributed by atoms with Crippen molar-refractivity contribution in [3.05, 3.63) is 46.7 Å². The molecule has 0 aliphatic carbocycles. The van der Waals surface area contributed by atoms with Gasteiger partial charge in [0.25, 0.3) is 0 Å². The second-order valence-corrected chi connectivity index (χ2v) is 6.57. The van der Waals surface area contributed by atoms with Gasteiger partial charge in [-0.15, -0.1) is 0 Å². The fourth-order valence-electron chi connectivity index (χ4n) is 3.12. The highest BCUT2D eigenvalue weighted by molar-refractivity contribution is 6.30. The third-order valence-electron chi connectivity index (χ3n) is 4.55. The molecule has 0 saturated carbocycles. The summed E-state index contributed by atoms with van der Waals surface area (Å²) in [7, 11) is 0. The molecule has 1 fully saturated rings. The predicted octanol–water partition coefficient (Wildman–Crippen LogP) is 1.69. The molecule has 1 aromatic carbocycles. The van der Waals surface area contributed by atoms with Crippen molar-refractivity contribution in [3.63, 3.8) is 0 Å². The molecule has 1 aliphatic heterocycles. The minimum atomic E-state index is -0.215. The molecule has 0 spiro atoms. The van der Waals surface area contributed by atoms with E-state index < -0.39 is 0 Å². The van der Waals surface area contributed by atoms with Gasteiger partial charge in [0.15, 0.2) is 0 Å². The Morgan fingerprint density at radius 2 is 1.96 bits per heavy atom. The molecular formula is C18H24ClN4O2+. The van der Waals surface area contributed by atoms with Crippen LogP contribution in [-0.2, 0) is 11.3 Å². The number of ether oxygens (including phenoxy) is 1. The van der Waals surface area contributed by atoms with E-state index in [1.807, 2.05) is 44.2 Å². The Morgan fingerprint density at radius 1 is 1.28 bits per heavy atom. The third-order valence-corrected chi connectivity index (χ3v) is 4.93. The molecule has 7 heteroatoms. The van der Waals surface area contributed by atoms with E-state index in [0.717, 1.165) is 36.6 Å². The molecule has 0 atom stereocenters. The molecular weight excluding hydrogens is 340 g/mol. The van der Waals surface area contributed by atoms with E-state index in [4.69, 9.17) is 16.3 Å². The number of para-hydroxylation sites is 1. The number of quaternary nitrogens is 1. The van der Waals surface area contributed by atoms with Crippen molar-refractivity contribution < 1.29 is 14.4 Å². The molecule has 0 bridgehead atoms. The number of carbonyl (C=O) groups is 1. The summed E-state index contributed by atoms with van der Waals surface area (Å²) in [6.45, 7) is 8.22. The van der Waals surface area contributed by atoms with Crippen molar-refractivity contribution in [1.29, 1.82) is 0 Å². The van der Waals surface area contributed by atoms with Crippen molar-refractivity contribution >= 4 is 17.7 Å².